The van der Waals surface area contributed by atoms with Gasteiger partial charge in [-0.05, 0) is 18.4 Å². The second kappa shape index (κ2) is 4.59. The summed E-state index contributed by atoms with van der Waals surface area (Å²) in [5.74, 6) is 0. The summed E-state index contributed by atoms with van der Waals surface area (Å²) in [4.78, 5) is 5.46. The Kier molecular flexibility index (Phi) is 3.18. The van der Waals surface area contributed by atoms with Gasteiger partial charge in [0.25, 0.3) is 0 Å². The van der Waals surface area contributed by atoms with Crippen LogP contribution in [0.3, 0.4) is 0 Å². The molecule has 2 aromatic rings. The molecule has 0 amide bonds. The van der Waals surface area contributed by atoms with Crippen molar-refractivity contribution in [1.82, 2.24) is 14.9 Å². The first-order valence-corrected chi connectivity index (χ1v) is 5.87. The Bertz CT molecular complexity index is 405. The monoisotopic (exact) mass is 221 g/mol. The minimum atomic E-state index is 0.403. The fourth-order valence-electron chi connectivity index (χ4n) is 1.45. The molecule has 0 aliphatic heterocycles. The molecule has 4 heteroatoms. The Labute approximate surface area is 93.8 Å². The minimum absolute atomic E-state index is 0.403. The quantitative estimate of drug-likeness (QED) is 0.858. The van der Waals surface area contributed by atoms with Crippen LogP contribution in [0.2, 0.25) is 0 Å². The summed E-state index contributed by atoms with van der Waals surface area (Å²) in [6.07, 6.45) is 3.72. The van der Waals surface area contributed by atoms with Crippen molar-refractivity contribution in [3.63, 3.8) is 0 Å². The molecule has 0 saturated heterocycles. The second-order valence-electron chi connectivity index (χ2n) is 3.61. The average molecular weight is 221 g/mol. The van der Waals surface area contributed by atoms with Crippen LogP contribution in [-0.4, -0.2) is 9.55 Å². The Morgan fingerprint density at radius 3 is 3.07 bits per heavy atom. The van der Waals surface area contributed by atoms with Gasteiger partial charge >= 0.3 is 0 Å². The Balaban J connectivity index is 1.91. The third-order valence-corrected chi connectivity index (χ3v) is 3.53. The molecule has 0 aliphatic rings. The van der Waals surface area contributed by atoms with Crippen molar-refractivity contribution < 1.29 is 0 Å². The predicted octanol–water partition coefficient (Wildman–Crippen LogP) is 2.33. The van der Waals surface area contributed by atoms with Gasteiger partial charge in [-0.25, -0.2) is 4.98 Å². The molecule has 1 N–H and O–H groups in total. The van der Waals surface area contributed by atoms with Crippen molar-refractivity contribution in [3.8, 4) is 0 Å². The summed E-state index contributed by atoms with van der Waals surface area (Å²) in [5.41, 5.74) is 1.21. The molecule has 3 nitrogen and oxygen atoms in total. The van der Waals surface area contributed by atoms with E-state index in [0.29, 0.717) is 6.04 Å². The van der Waals surface area contributed by atoms with Crippen molar-refractivity contribution in [1.29, 1.82) is 0 Å². The van der Waals surface area contributed by atoms with Crippen molar-refractivity contribution in [2.75, 3.05) is 0 Å². The van der Waals surface area contributed by atoms with E-state index in [9.17, 15) is 0 Å². The molecule has 0 saturated carbocycles. The standard InChI is InChI=1S/C11H15N3S/c1-9(11-4-3-5-15-11)13-7-10-6-12-8-14(10)2/h3-6,8-9,13H,7H2,1-2H3/t9-/m0/s1. The summed E-state index contributed by atoms with van der Waals surface area (Å²) < 4.78 is 2.04. The number of nitrogens with one attached hydrogen (secondary N) is 1. The Hall–Kier alpha value is -1.13. The van der Waals surface area contributed by atoms with E-state index in [1.54, 1.807) is 11.3 Å². The molecule has 0 aromatic carbocycles. The van der Waals surface area contributed by atoms with Crippen LogP contribution in [0.1, 0.15) is 23.5 Å². The highest BCUT2D eigenvalue weighted by molar-refractivity contribution is 7.10. The van der Waals surface area contributed by atoms with Crippen LogP contribution in [-0.2, 0) is 13.6 Å². The maximum atomic E-state index is 4.09. The number of nitrogens with zero attached hydrogens (tertiary/aromatic N) is 2. The van der Waals surface area contributed by atoms with Crippen LogP contribution >= 0.6 is 11.3 Å². The van der Waals surface area contributed by atoms with Crippen molar-refractivity contribution in [3.05, 3.63) is 40.6 Å². The van der Waals surface area contributed by atoms with Crippen LogP contribution in [0.25, 0.3) is 0 Å². The zero-order valence-corrected chi connectivity index (χ0v) is 9.79. The summed E-state index contributed by atoms with van der Waals surface area (Å²) >= 11 is 1.79. The van der Waals surface area contributed by atoms with Gasteiger partial charge in [-0.1, -0.05) is 6.07 Å². The molecule has 15 heavy (non-hydrogen) atoms. The van der Waals surface area contributed by atoms with E-state index in [1.165, 1.54) is 10.6 Å². The van der Waals surface area contributed by atoms with Crippen LogP contribution in [0.5, 0.6) is 0 Å². The van der Waals surface area contributed by atoms with Gasteiger partial charge in [0, 0.05) is 30.7 Å². The molecule has 2 heterocycles. The largest absolute Gasteiger partial charge is 0.337 e. The van der Waals surface area contributed by atoms with E-state index in [2.05, 4.69) is 34.7 Å². The first kappa shape index (κ1) is 10.4. The van der Waals surface area contributed by atoms with E-state index in [4.69, 9.17) is 0 Å². The van der Waals surface area contributed by atoms with Gasteiger partial charge < -0.3 is 9.88 Å². The number of aromatic nitrogens is 2. The van der Waals surface area contributed by atoms with E-state index in [0.717, 1.165) is 6.54 Å². The van der Waals surface area contributed by atoms with Crippen molar-refractivity contribution in [2.45, 2.75) is 19.5 Å². The lowest BCUT2D eigenvalue weighted by Crippen LogP contribution is -2.18. The average Bonchev–Trinajstić information content (AvgIpc) is 2.85. The van der Waals surface area contributed by atoms with Gasteiger partial charge in [0.1, 0.15) is 0 Å². The molecule has 0 radical (unpaired) electrons. The Morgan fingerprint density at radius 2 is 2.47 bits per heavy atom. The molecular formula is C11H15N3S. The number of hydrogen-bond acceptors (Lipinski definition) is 3. The second-order valence-corrected chi connectivity index (χ2v) is 4.59. The normalized spacial score (nSPS) is 12.9. The van der Waals surface area contributed by atoms with Gasteiger partial charge in [0.2, 0.25) is 0 Å². The van der Waals surface area contributed by atoms with Crippen LogP contribution < -0.4 is 5.32 Å². The fraction of sp³-hybridized carbons (Fsp3) is 0.364. The SMILES string of the molecule is C[C@H](NCc1cncn1C)c1cccs1. The Morgan fingerprint density at radius 1 is 1.60 bits per heavy atom. The first-order chi connectivity index (χ1) is 7.27. The number of imidazole rings is 1. The van der Waals surface area contributed by atoms with Gasteiger partial charge in [0.15, 0.2) is 0 Å². The number of rotatable bonds is 4. The van der Waals surface area contributed by atoms with Crippen LogP contribution in [0.4, 0.5) is 0 Å². The third kappa shape index (κ3) is 2.46. The summed E-state index contributed by atoms with van der Waals surface area (Å²) in [6.45, 7) is 3.04. The van der Waals surface area contributed by atoms with E-state index < -0.39 is 0 Å². The highest BCUT2D eigenvalue weighted by Gasteiger charge is 2.06. The van der Waals surface area contributed by atoms with Crippen LogP contribution in [0, 0.1) is 0 Å². The molecular weight excluding hydrogens is 206 g/mol. The minimum Gasteiger partial charge on any atom is -0.337 e. The van der Waals surface area contributed by atoms with Crippen molar-refractivity contribution in [2.24, 2.45) is 7.05 Å². The molecule has 0 aliphatic carbocycles. The zero-order valence-electron chi connectivity index (χ0n) is 8.97. The lowest BCUT2D eigenvalue weighted by molar-refractivity contribution is 0.565. The highest BCUT2D eigenvalue weighted by Crippen LogP contribution is 2.18. The van der Waals surface area contributed by atoms with Gasteiger partial charge in [-0.3, -0.25) is 0 Å². The number of hydrogen-bond donors (Lipinski definition) is 1. The van der Waals surface area contributed by atoms with Gasteiger partial charge in [-0.15, -0.1) is 11.3 Å². The van der Waals surface area contributed by atoms with E-state index in [1.807, 2.05) is 24.1 Å². The molecule has 2 aromatic heterocycles. The predicted molar refractivity (Wildman–Crippen MR) is 62.8 cm³/mol. The number of thiophene rings is 1. The molecule has 0 spiro atoms. The highest BCUT2D eigenvalue weighted by atomic mass is 32.1. The maximum Gasteiger partial charge on any atom is 0.0945 e. The summed E-state index contributed by atoms with van der Waals surface area (Å²) in [7, 11) is 2.01. The van der Waals surface area contributed by atoms with E-state index in [-0.39, 0.29) is 0 Å². The van der Waals surface area contributed by atoms with Gasteiger partial charge in [-0.2, -0.15) is 0 Å². The first-order valence-electron chi connectivity index (χ1n) is 4.99. The molecule has 0 unspecified atom stereocenters. The fourth-order valence-corrected chi connectivity index (χ4v) is 2.21. The summed E-state index contributed by atoms with van der Waals surface area (Å²) in [5, 5.41) is 5.59. The zero-order chi connectivity index (χ0) is 10.7. The molecule has 2 rings (SSSR count). The number of aryl methyl sites for hydroxylation is 1. The lowest BCUT2D eigenvalue weighted by atomic mass is 10.2. The maximum absolute atomic E-state index is 4.09. The third-order valence-electron chi connectivity index (χ3n) is 2.48. The van der Waals surface area contributed by atoms with Gasteiger partial charge in [0.05, 0.1) is 12.0 Å². The molecule has 1 atom stereocenters. The smallest absolute Gasteiger partial charge is 0.0945 e. The topological polar surface area (TPSA) is 29.9 Å². The molecule has 0 fully saturated rings. The van der Waals surface area contributed by atoms with E-state index >= 15 is 0 Å². The molecule has 80 valence electrons. The summed E-state index contributed by atoms with van der Waals surface area (Å²) in [6, 6.07) is 4.65. The lowest BCUT2D eigenvalue weighted by Gasteiger charge is -2.11. The van der Waals surface area contributed by atoms with Crippen molar-refractivity contribution >= 4 is 11.3 Å². The van der Waals surface area contributed by atoms with Crippen LogP contribution in [0.15, 0.2) is 30.0 Å². The molecule has 0 bridgehead atoms.